The monoisotopic (exact) mass is 799 g/mol. The minimum atomic E-state index is -0.334. The van der Waals surface area contributed by atoms with Crippen molar-refractivity contribution in [3.63, 3.8) is 0 Å². The predicted octanol–water partition coefficient (Wildman–Crippen LogP) is 16.5. The normalized spacial score (nSPS) is 13.1. The number of para-hydroxylation sites is 7. The van der Waals surface area contributed by atoms with Gasteiger partial charge in [0.15, 0.2) is 11.2 Å². The van der Waals surface area contributed by atoms with Crippen molar-refractivity contribution >= 4 is 95.1 Å². The van der Waals surface area contributed by atoms with Crippen LogP contribution in [0.3, 0.4) is 0 Å². The van der Waals surface area contributed by atoms with Crippen LogP contribution in [0.25, 0.3) is 43.9 Å². The molecule has 0 fully saturated rings. The summed E-state index contributed by atoms with van der Waals surface area (Å²) in [6, 6.07) is 75.3. The van der Waals surface area contributed by atoms with Crippen molar-refractivity contribution in [3.8, 4) is 0 Å². The summed E-state index contributed by atoms with van der Waals surface area (Å²) < 4.78 is 13.4. The van der Waals surface area contributed by atoms with E-state index in [2.05, 4.69) is 217 Å². The summed E-state index contributed by atoms with van der Waals surface area (Å²) >= 11 is 0. The fraction of sp³-hybridized carbons (Fsp3) is 0.0526. The third-order valence-corrected chi connectivity index (χ3v) is 12.6. The fourth-order valence-corrected chi connectivity index (χ4v) is 9.70. The number of nitrogens with zero attached hydrogens (tertiary/aromatic N) is 3. The zero-order valence-corrected chi connectivity index (χ0v) is 34.4. The second-order valence-electron chi connectivity index (χ2n) is 16.5. The van der Waals surface area contributed by atoms with Crippen LogP contribution in [0.5, 0.6) is 0 Å². The Kier molecular flexibility index (Phi) is 8.12. The first-order valence-corrected chi connectivity index (χ1v) is 21.2. The van der Waals surface area contributed by atoms with Gasteiger partial charge in [0.05, 0.1) is 22.7 Å². The summed E-state index contributed by atoms with van der Waals surface area (Å²) in [5, 5.41) is 4.39. The van der Waals surface area contributed by atoms with Crippen LogP contribution in [0, 0.1) is 0 Å². The van der Waals surface area contributed by atoms with Gasteiger partial charge in [0.1, 0.15) is 11.2 Å². The van der Waals surface area contributed by atoms with E-state index in [1.54, 1.807) is 0 Å². The number of benzene rings is 9. The van der Waals surface area contributed by atoms with Crippen molar-refractivity contribution in [2.75, 3.05) is 14.7 Å². The second kappa shape index (κ2) is 14.0. The van der Waals surface area contributed by atoms with Crippen LogP contribution in [0.4, 0.5) is 51.2 Å². The fourth-order valence-electron chi connectivity index (χ4n) is 9.70. The van der Waals surface area contributed by atoms with E-state index in [0.717, 1.165) is 95.1 Å². The molecule has 3 heterocycles. The molecule has 0 atom stereocenters. The van der Waals surface area contributed by atoms with E-state index in [4.69, 9.17) is 8.83 Å². The van der Waals surface area contributed by atoms with Gasteiger partial charge in [-0.3, -0.25) is 0 Å². The summed E-state index contributed by atoms with van der Waals surface area (Å²) in [4.78, 5) is 7.11. The highest BCUT2D eigenvalue weighted by Gasteiger charge is 2.38. The lowest BCUT2D eigenvalue weighted by Crippen LogP contribution is -2.31. The highest BCUT2D eigenvalue weighted by Crippen LogP contribution is 2.55. The van der Waals surface area contributed by atoms with Crippen molar-refractivity contribution in [1.29, 1.82) is 0 Å². The first-order chi connectivity index (χ1) is 30.5. The summed E-state index contributed by atoms with van der Waals surface area (Å²) in [5.41, 5.74) is 15.0. The van der Waals surface area contributed by atoms with Crippen LogP contribution in [-0.2, 0) is 5.41 Å². The molecule has 0 bridgehead atoms. The van der Waals surface area contributed by atoms with Crippen LogP contribution in [-0.4, -0.2) is 0 Å². The van der Waals surface area contributed by atoms with E-state index in [0.29, 0.717) is 0 Å². The van der Waals surface area contributed by atoms with Crippen molar-refractivity contribution in [1.82, 2.24) is 0 Å². The van der Waals surface area contributed by atoms with Gasteiger partial charge in [-0.2, -0.15) is 0 Å². The maximum absolute atomic E-state index is 6.68. The summed E-state index contributed by atoms with van der Waals surface area (Å²) in [6.45, 7) is 4.70. The number of anilines is 9. The van der Waals surface area contributed by atoms with E-state index < -0.39 is 0 Å². The molecule has 0 radical (unpaired) electrons. The van der Waals surface area contributed by atoms with Gasteiger partial charge in [-0.05, 0) is 96.1 Å². The van der Waals surface area contributed by atoms with Gasteiger partial charge < -0.3 is 23.5 Å². The van der Waals surface area contributed by atoms with Crippen LogP contribution in [0.1, 0.15) is 25.0 Å². The van der Waals surface area contributed by atoms with E-state index >= 15 is 0 Å². The Morgan fingerprint density at radius 1 is 0.371 bits per heavy atom. The molecule has 11 aromatic rings. The first kappa shape index (κ1) is 35.9. The number of hydrogen-bond acceptors (Lipinski definition) is 5. The summed E-state index contributed by atoms with van der Waals surface area (Å²) in [5.74, 6) is 0. The average molecular weight is 800 g/mol. The molecule has 62 heavy (non-hydrogen) atoms. The largest absolute Gasteiger partial charge is 0.454 e. The van der Waals surface area contributed by atoms with E-state index in [1.807, 2.05) is 24.3 Å². The molecular weight excluding hydrogens is 759 g/mol. The molecule has 1 aliphatic heterocycles. The maximum atomic E-state index is 6.68. The van der Waals surface area contributed by atoms with Gasteiger partial charge in [0.2, 0.25) is 0 Å². The molecule has 0 saturated heterocycles. The maximum Gasteiger partial charge on any atom is 0.159 e. The third-order valence-electron chi connectivity index (χ3n) is 12.6. The van der Waals surface area contributed by atoms with Crippen molar-refractivity contribution in [2.24, 2.45) is 0 Å². The smallest absolute Gasteiger partial charge is 0.159 e. The molecule has 5 heteroatoms. The third kappa shape index (κ3) is 5.55. The second-order valence-corrected chi connectivity index (χ2v) is 16.5. The zero-order chi connectivity index (χ0) is 41.4. The molecule has 0 unspecified atom stereocenters. The molecule has 0 spiro atoms. The minimum Gasteiger partial charge on any atom is -0.454 e. The van der Waals surface area contributed by atoms with E-state index in [-0.39, 0.29) is 5.41 Å². The summed E-state index contributed by atoms with van der Waals surface area (Å²) in [6.07, 6.45) is 0. The number of hydrogen-bond donors (Lipinski definition) is 0. The Morgan fingerprint density at radius 3 is 1.24 bits per heavy atom. The Labute approximate surface area is 359 Å². The topological polar surface area (TPSA) is 36.0 Å². The molecule has 9 aromatic carbocycles. The quantitative estimate of drug-likeness (QED) is 0.160. The number of furan rings is 2. The predicted molar refractivity (Wildman–Crippen MR) is 257 cm³/mol. The SMILES string of the molecule is CC1(C)c2ccc(N(c3ccccc3)c3cccc4c3oc3ccccc34)cc2N(c2ccccc2)c2cc(N(c3ccccc3)c3cccc4c3oc3ccccc34)ccc21. The Morgan fingerprint density at radius 2 is 0.774 bits per heavy atom. The van der Waals surface area contributed by atoms with Crippen LogP contribution < -0.4 is 14.7 Å². The van der Waals surface area contributed by atoms with Crippen molar-refractivity contribution in [2.45, 2.75) is 19.3 Å². The van der Waals surface area contributed by atoms with Gasteiger partial charge in [0, 0.05) is 55.4 Å². The van der Waals surface area contributed by atoms with Gasteiger partial charge >= 0.3 is 0 Å². The highest BCUT2D eigenvalue weighted by molar-refractivity contribution is 6.11. The molecule has 296 valence electrons. The van der Waals surface area contributed by atoms with Crippen molar-refractivity contribution in [3.05, 3.63) is 223 Å². The average Bonchev–Trinajstić information content (AvgIpc) is 3.90. The molecule has 1 aliphatic rings. The van der Waals surface area contributed by atoms with E-state index in [9.17, 15) is 0 Å². The zero-order valence-electron chi connectivity index (χ0n) is 34.4. The lowest BCUT2D eigenvalue weighted by molar-refractivity contribution is 0.632. The standard InChI is InChI=1S/C57H41N3O2/c1-57(2)47-34-32-41(58(38-18-6-3-7-19-38)49-28-16-26-45-43-24-12-14-30-53(43)61-55(45)49)36-51(47)60(40-22-10-5-11-23-40)52-37-42(33-35-48(52)57)59(39-20-8-4-9-21-39)50-29-17-27-46-44-25-13-15-31-54(44)62-56(46)50/h3-37H,1-2H3. The van der Waals surface area contributed by atoms with Crippen LogP contribution >= 0.6 is 0 Å². The van der Waals surface area contributed by atoms with Crippen LogP contribution in [0.15, 0.2) is 221 Å². The first-order valence-electron chi connectivity index (χ1n) is 21.2. The highest BCUT2D eigenvalue weighted by atomic mass is 16.3. The lowest BCUT2D eigenvalue weighted by atomic mass is 9.73. The minimum absolute atomic E-state index is 0.334. The number of rotatable bonds is 7. The van der Waals surface area contributed by atoms with Crippen LogP contribution in [0.2, 0.25) is 0 Å². The van der Waals surface area contributed by atoms with Crippen molar-refractivity contribution < 1.29 is 8.83 Å². The molecule has 0 N–H and O–H groups in total. The molecule has 2 aromatic heterocycles. The van der Waals surface area contributed by atoms with Gasteiger partial charge in [-0.25, -0.2) is 0 Å². The molecule has 5 nitrogen and oxygen atoms in total. The molecule has 0 saturated carbocycles. The lowest BCUT2D eigenvalue weighted by Gasteiger charge is -2.43. The molecule has 0 amide bonds. The van der Waals surface area contributed by atoms with Gasteiger partial charge in [0.25, 0.3) is 0 Å². The Balaban J connectivity index is 1.08. The Bertz CT molecular complexity index is 3250. The Hall–Kier alpha value is -8.02. The molecule has 0 aliphatic carbocycles. The van der Waals surface area contributed by atoms with Gasteiger partial charge in [-0.1, -0.05) is 141 Å². The van der Waals surface area contributed by atoms with E-state index in [1.165, 1.54) is 11.1 Å². The molecular formula is C57H41N3O2. The van der Waals surface area contributed by atoms with Gasteiger partial charge in [-0.15, -0.1) is 0 Å². The number of fused-ring (bicyclic) bond motifs is 8. The molecule has 12 rings (SSSR count). The summed E-state index contributed by atoms with van der Waals surface area (Å²) in [7, 11) is 0.